The Hall–Kier alpha value is -1.17. The molecule has 1 atom stereocenters. The molecule has 2 fully saturated rings. The van der Waals surface area contributed by atoms with Gasteiger partial charge in [-0.2, -0.15) is 0 Å². The highest BCUT2D eigenvalue weighted by molar-refractivity contribution is 14.0. The molecule has 2 aliphatic heterocycles. The van der Waals surface area contributed by atoms with Crippen LogP contribution in [0.1, 0.15) is 45.1 Å². The molecule has 3 N–H and O–H groups in total. The third kappa shape index (κ3) is 9.36. The van der Waals surface area contributed by atoms with Crippen molar-refractivity contribution in [2.75, 3.05) is 63.9 Å². The molecule has 0 aliphatic carbocycles. The summed E-state index contributed by atoms with van der Waals surface area (Å²) < 4.78 is 5.39. The van der Waals surface area contributed by atoms with Crippen LogP contribution in [-0.2, 0) is 11.3 Å². The van der Waals surface area contributed by atoms with Crippen LogP contribution in [0.3, 0.4) is 0 Å². The largest absolute Gasteiger partial charge is 0.387 e. The Morgan fingerprint density at radius 2 is 1.84 bits per heavy atom. The lowest BCUT2D eigenvalue weighted by molar-refractivity contribution is -0.0201. The molecule has 0 bridgehead atoms. The van der Waals surface area contributed by atoms with E-state index in [1.54, 1.807) is 0 Å². The third-order valence-electron chi connectivity index (χ3n) is 5.81. The van der Waals surface area contributed by atoms with Gasteiger partial charge in [0.25, 0.3) is 0 Å². The molecule has 3 heterocycles. The van der Waals surface area contributed by atoms with Crippen molar-refractivity contribution < 1.29 is 9.84 Å². The summed E-state index contributed by atoms with van der Waals surface area (Å²) in [6.45, 7) is 11.7. The maximum atomic E-state index is 10.8. The van der Waals surface area contributed by atoms with Crippen molar-refractivity contribution in [3.05, 3.63) is 23.9 Å². The van der Waals surface area contributed by atoms with Gasteiger partial charge >= 0.3 is 0 Å². The number of aliphatic hydroxyl groups is 1. The zero-order valence-electron chi connectivity index (χ0n) is 19.7. The number of halogens is 1. The van der Waals surface area contributed by atoms with Crippen LogP contribution in [0, 0.1) is 0 Å². The van der Waals surface area contributed by atoms with Crippen LogP contribution in [-0.4, -0.2) is 85.6 Å². The average Bonchev–Trinajstić information content (AvgIpc) is 3.06. The number of hydrogen-bond acceptors (Lipinski definition) is 6. The first-order valence-corrected chi connectivity index (χ1v) is 11.8. The molecule has 0 spiro atoms. The van der Waals surface area contributed by atoms with Gasteiger partial charge in [-0.1, -0.05) is 18.9 Å². The van der Waals surface area contributed by atoms with Gasteiger partial charge in [-0.15, -0.1) is 24.0 Å². The van der Waals surface area contributed by atoms with Crippen molar-refractivity contribution in [3.8, 4) is 0 Å². The lowest BCUT2D eigenvalue weighted by Gasteiger charge is -2.34. The predicted molar refractivity (Wildman–Crippen MR) is 141 cm³/mol. The number of aliphatic imine (C=N–C) groups is 1. The van der Waals surface area contributed by atoms with Gasteiger partial charge in [-0.3, -0.25) is 4.90 Å². The van der Waals surface area contributed by atoms with Crippen molar-refractivity contribution in [1.29, 1.82) is 0 Å². The Bertz CT molecular complexity index is 672. The number of anilines is 1. The topological polar surface area (TPSA) is 85.2 Å². The monoisotopic (exact) mass is 560 g/mol. The number of nitrogens with zero attached hydrogens (tertiary/aromatic N) is 4. The number of morpholine rings is 1. The number of guanidine groups is 1. The van der Waals surface area contributed by atoms with Crippen LogP contribution in [0.4, 0.5) is 5.82 Å². The number of β-amino-alcohol motifs (C(OH)–C–C–N with tert-alkyl or cyclic N) is 1. The summed E-state index contributed by atoms with van der Waals surface area (Å²) in [6, 6.07) is 4.23. The number of ether oxygens (including phenoxy) is 1. The van der Waals surface area contributed by atoms with Crippen molar-refractivity contribution >= 4 is 35.8 Å². The minimum atomic E-state index is -0.843. The standard InChI is InChI=1S/C23H40N6O2.HI/c1-3-24-22(27-18-23(2,30)19-28-12-14-31-15-13-28)26-17-20-8-9-21(25-16-20)29-10-6-4-5-7-11-29;/h8-9,16,30H,3-7,10-15,17-19H2,1-2H3,(H2,24,26,27);1H. The SMILES string of the molecule is CCNC(=NCc1ccc(N2CCCCCC2)nc1)NCC(C)(O)CN1CCOCC1.I. The second kappa shape index (κ2) is 14.2. The second-order valence-electron chi connectivity index (χ2n) is 8.86. The highest BCUT2D eigenvalue weighted by atomic mass is 127. The minimum absolute atomic E-state index is 0. The Balaban J connectivity index is 0.00000363. The van der Waals surface area contributed by atoms with E-state index < -0.39 is 5.60 Å². The lowest BCUT2D eigenvalue weighted by atomic mass is 10.1. The summed E-state index contributed by atoms with van der Waals surface area (Å²) in [5, 5.41) is 17.4. The first kappa shape index (κ1) is 27.1. The first-order chi connectivity index (χ1) is 15.1. The fourth-order valence-electron chi connectivity index (χ4n) is 4.08. The van der Waals surface area contributed by atoms with E-state index in [0.29, 0.717) is 25.6 Å². The normalized spacial score (nSPS) is 20.1. The number of nitrogens with one attached hydrogen (secondary N) is 2. The molecular formula is C23H41IN6O2. The number of hydrogen-bond donors (Lipinski definition) is 3. The molecule has 0 amide bonds. The molecule has 182 valence electrons. The highest BCUT2D eigenvalue weighted by Crippen LogP contribution is 2.17. The van der Waals surface area contributed by atoms with Gasteiger partial charge < -0.3 is 25.4 Å². The van der Waals surface area contributed by atoms with Gasteiger partial charge in [-0.05, 0) is 38.3 Å². The van der Waals surface area contributed by atoms with Gasteiger partial charge in [0.15, 0.2) is 5.96 Å². The van der Waals surface area contributed by atoms with Crippen LogP contribution in [0.5, 0.6) is 0 Å². The van der Waals surface area contributed by atoms with E-state index in [-0.39, 0.29) is 24.0 Å². The summed E-state index contributed by atoms with van der Waals surface area (Å²) in [4.78, 5) is 14.0. The molecule has 2 saturated heterocycles. The maximum Gasteiger partial charge on any atom is 0.191 e. The molecular weight excluding hydrogens is 519 g/mol. The highest BCUT2D eigenvalue weighted by Gasteiger charge is 2.25. The van der Waals surface area contributed by atoms with E-state index in [4.69, 9.17) is 4.74 Å². The van der Waals surface area contributed by atoms with Gasteiger partial charge in [0.2, 0.25) is 0 Å². The molecule has 0 radical (unpaired) electrons. The molecule has 32 heavy (non-hydrogen) atoms. The Morgan fingerprint density at radius 1 is 1.12 bits per heavy atom. The van der Waals surface area contributed by atoms with Gasteiger partial charge in [0.05, 0.1) is 25.4 Å². The zero-order valence-corrected chi connectivity index (χ0v) is 22.0. The molecule has 1 unspecified atom stereocenters. The maximum absolute atomic E-state index is 10.8. The van der Waals surface area contributed by atoms with Crippen LogP contribution in [0.25, 0.3) is 0 Å². The smallest absolute Gasteiger partial charge is 0.191 e. The van der Waals surface area contributed by atoms with Crippen molar-refractivity contribution in [3.63, 3.8) is 0 Å². The minimum Gasteiger partial charge on any atom is -0.387 e. The fraction of sp³-hybridized carbons (Fsp3) is 0.739. The van der Waals surface area contributed by atoms with E-state index in [1.807, 2.05) is 20.0 Å². The summed E-state index contributed by atoms with van der Waals surface area (Å²) in [5.41, 5.74) is 0.236. The zero-order chi connectivity index (χ0) is 21.9. The lowest BCUT2D eigenvalue weighted by Crippen LogP contribution is -2.52. The average molecular weight is 561 g/mol. The molecule has 3 rings (SSSR count). The second-order valence-corrected chi connectivity index (χ2v) is 8.86. The van der Waals surface area contributed by atoms with Gasteiger partial charge in [0.1, 0.15) is 5.82 Å². The predicted octanol–water partition coefficient (Wildman–Crippen LogP) is 2.22. The van der Waals surface area contributed by atoms with Crippen LogP contribution in [0.2, 0.25) is 0 Å². The van der Waals surface area contributed by atoms with Gasteiger partial charge in [-0.25, -0.2) is 9.98 Å². The van der Waals surface area contributed by atoms with Crippen molar-refractivity contribution in [1.82, 2.24) is 20.5 Å². The molecule has 1 aromatic heterocycles. The van der Waals surface area contributed by atoms with E-state index in [9.17, 15) is 5.11 Å². The summed E-state index contributed by atoms with van der Waals surface area (Å²) in [6.07, 6.45) is 7.08. The Morgan fingerprint density at radius 3 is 2.47 bits per heavy atom. The first-order valence-electron chi connectivity index (χ1n) is 11.8. The number of pyridine rings is 1. The number of rotatable bonds is 8. The van der Waals surface area contributed by atoms with E-state index in [1.165, 1.54) is 25.7 Å². The van der Waals surface area contributed by atoms with Crippen LogP contribution >= 0.6 is 24.0 Å². The van der Waals surface area contributed by atoms with E-state index in [0.717, 1.165) is 57.3 Å². The quantitative estimate of drug-likeness (QED) is 0.256. The van der Waals surface area contributed by atoms with Crippen molar-refractivity contribution in [2.45, 2.75) is 51.7 Å². The molecule has 1 aromatic rings. The Kier molecular flexibility index (Phi) is 12.0. The summed E-state index contributed by atoms with van der Waals surface area (Å²) in [5.74, 6) is 1.78. The molecule has 9 heteroatoms. The van der Waals surface area contributed by atoms with Gasteiger partial charge in [0, 0.05) is 52.0 Å². The Labute approximate surface area is 210 Å². The molecule has 2 aliphatic rings. The third-order valence-corrected chi connectivity index (χ3v) is 5.81. The van der Waals surface area contributed by atoms with Crippen LogP contribution < -0.4 is 15.5 Å². The van der Waals surface area contributed by atoms with E-state index in [2.05, 4.69) is 42.5 Å². The summed E-state index contributed by atoms with van der Waals surface area (Å²) >= 11 is 0. The molecule has 0 saturated carbocycles. The number of aromatic nitrogens is 1. The van der Waals surface area contributed by atoms with Crippen molar-refractivity contribution in [2.24, 2.45) is 4.99 Å². The molecule has 0 aromatic carbocycles. The summed E-state index contributed by atoms with van der Waals surface area (Å²) in [7, 11) is 0. The van der Waals surface area contributed by atoms with E-state index >= 15 is 0 Å². The molecule has 8 nitrogen and oxygen atoms in total. The fourth-order valence-corrected chi connectivity index (χ4v) is 4.08. The van der Waals surface area contributed by atoms with Crippen LogP contribution in [0.15, 0.2) is 23.3 Å².